The van der Waals surface area contributed by atoms with Gasteiger partial charge >= 0.3 is 6.18 Å². The summed E-state index contributed by atoms with van der Waals surface area (Å²) >= 11 is 6.19. The third kappa shape index (κ3) is 5.36. The monoisotopic (exact) mass is 520 g/mol. The van der Waals surface area contributed by atoms with Crippen LogP contribution in [0.5, 0.6) is 5.75 Å². The fourth-order valence-corrected chi connectivity index (χ4v) is 4.78. The average molecular weight is 521 g/mol. The minimum absolute atomic E-state index is 0.163. The number of aryl methyl sites for hydroxylation is 1. The summed E-state index contributed by atoms with van der Waals surface area (Å²) in [7, 11) is -3.44. The second-order valence-corrected chi connectivity index (χ2v) is 10.3. The zero-order valence-electron chi connectivity index (χ0n) is 18.7. The van der Waals surface area contributed by atoms with E-state index in [1.54, 1.807) is 73.7 Å². The molecular formula is C25H20ClF3N2O3S. The molecule has 0 atom stereocenters. The number of nitrogens with zero attached hydrogens (tertiary/aromatic N) is 2. The first-order chi connectivity index (χ1) is 16.4. The number of aromatic nitrogens is 2. The highest BCUT2D eigenvalue weighted by Gasteiger charge is 2.35. The molecule has 0 amide bonds. The van der Waals surface area contributed by atoms with Gasteiger partial charge in [0, 0.05) is 11.8 Å². The molecule has 0 aliphatic carbocycles. The lowest BCUT2D eigenvalue weighted by Gasteiger charge is -2.14. The lowest BCUT2D eigenvalue weighted by Crippen LogP contribution is -2.09. The van der Waals surface area contributed by atoms with Crippen molar-refractivity contribution in [3.8, 4) is 22.6 Å². The maximum absolute atomic E-state index is 13.4. The molecule has 0 fully saturated rings. The maximum Gasteiger partial charge on any atom is 0.435 e. The van der Waals surface area contributed by atoms with Crippen molar-refractivity contribution in [3.05, 3.63) is 94.8 Å². The van der Waals surface area contributed by atoms with Crippen LogP contribution in [0.1, 0.15) is 17.0 Å². The topological polar surface area (TPSA) is 61.2 Å². The summed E-state index contributed by atoms with van der Waals surface area (Å²) in [6.45, 7) is 1.57. The van der Waals surface area contributed by atoms with E-state index in [1.165, 1.54) is 0 Å². The standard InChI is InChI=1S/C25H20ClF3N2O3S/c1-16-13-17(19-7-3-6-10-23(19)35(2,32)33)11-12-22(16)34-15-18-14-24(25(27,28)29)30-31(18)21-9-5-4-8-20(21)26/h3-14H,15H2,1-2H3. The molecule has 4 aromatic rings. The van der Waals surface area contributed by atoms with Gasteiger partial charge in [-0.1, -0.05) is 48.0 Å². The normalized spacial score (nSPS) is 12.1. The van der Waals surface area contributed by atoms with Gasteiger partial charge in [0.2, 0.25) is 0 Å². The quantitative estimate of drug-likeness (QED) is 0.291. The summed E-state index contributed by atoms with van der Waals surface area (Å²) < 4.78 is 71.4. The predicted molar refractivity (Wildman–Crippen MR) is 128 cm³/mol. The second-order valence-electron chi connectivity index (χ2n) is 7.92. The lowest BCUT2D eigenvalue weighted by atomic mass is 10.0. The van der Waals surface area contributed by atoms with E-state index in [1.807, 2.05) is 0 Å². The van der Waals surface area contributed by atoms with Crippen molar-refractivity contribution in [2.75, 3.05) is 6.26 Å². The van der Waals surface area contributed by atoms with E-state index in [4.69, 9.17) is 16.3 Å². The SMILES string of the molecule is Cc1cc(-c2ccccc2S(C)(=O)=O)ccc1OCc1cc(C(F)(F)F)nn1-c1ccccc1Cl. The molecular weight excluding hydrogens is 501 g/mol. The molecule has 0 aliphatic heterocycles. The zero-order valence-corrected chi connectivity index (χ0v) is 20.2. The Morgan fingerprint density at radius 1 is 1.00 bits per heavy atom. The minimum atomic E-state index is -4.63. The smallest absolute Gasteiger partial charge is 0.435 e. The minimum Gasteiger partial charge on any atom is -0.487 e. The summed E-state index contributed by atoms with van der Waals surface area (Å²) in [4.78, 5) is 0.205. The molecule has 0 saturated carbocycles. The van der Waals surface area contributed by atoms with Crippen molar-refractivity contribution < 1.29 is 26.3 Å². The lowest BCUT2D eigenvalue weighted by molar-refractivity contribution is -0.141. The Hall–Kier alpha value is -3.30. The van der Waals surface area contributed by atoms with Crippen LogP contribution in [-0.2, 0) is 22.6 Å². The Labute approximate surface area is 205 Å². The molecule has 0 unspecified atom stereocenters. The first-order valence-corrected chi connectivity index (χ1v) is 12.7. The number of para-hydroxylation sites is 1. The van der Waals surface area contributed by atoms with Crippen molar-refractivity contribution in [1.29, 1.82) is 0 Å². The molecule has 0 N–H and O–H groups in total. The maximum atomic E-state index is 13.4. The van der Waals surface area contributed by atoms with Gasteiger partial charge in [-0.15, -0.1) is 0 Å². The van der Waals surface area contributed by atoms with E-state index < -0.39 is 21.7 Å². The van der Waals surface area contributed by atoms with Crippen molar-refractivity contribution in [2.24, 2.45) is 0 Å². The first-order valence-electron chi connectivity index (χ1n) is 10.4. The highest BCUT2D eigenvalue weighted by atomic mass is 35.5. The molecule has 5 nitrogen and oxygen atoms in total. The van der Waals surface area contributed by atoms with Gasteiger partial charge in [0.15, 0.2) is 15.5 Å². The van der Waals surface area contributed by atoms with Gasteiger partial charge < -0.3 is 4.74 Å². The summed E-state index contributed by atoms with van der Waals surface area (Å²) in [5.74, 6) is 0.436. The summed E-state index contributed by atoms with van der Waals surface area (Å²) in [6.07, 6.45) is -3.49. The predicted octanol–water partition coefficient (Wildman–Crippen LogP) is 6.50. The molecule has 0 spiro atoms. The van der Waals surface area contributed by atoms with Crippen LogP contribution in [0.2, 0.25) is 5.02 Å². The molecule has 0 aliphatic rings. The molecule has 0 radical (unpaired) electrons. The molecule has 182 valence electrons. The Balaban J connectivity index is 1.65. The van der Waals surface area contributed by atoms with Crippen molar-refractivity contribution >= 4 is 21.4 Å². The van der Waals surface area contributed by atoms with E-state index in [-0.39, 0.29) is 22.2 Å². The van der Waals surface area contributed by atoms with Crippen LogP contribution < -0.4 is 4.74 Å². The van der Waals surface area contributed by atoms with Gasteiger partial charge in [-0.2, -0.15) is 18.3 Å². The highest BCUT2D eigenvalue weighted by molar-refractivity contribution is 7.90. The van der Waals surface area contributed by atoms with Crippen molar-refractivity contribution in [1.82, 2.24) is 9.78 Å². The number of halogens is 4. The molecule has 0 saturated heterocycles. The number of ether oxygens (including phenoxy) is 1. The Bertz CT molecular complexity index is 1500. The second kappa shape index (κ2) is 9.39. The molecule has 0 bridgehead atoms. The average Bonchev–Trinajstić information content (AvgIpc) is 3.22. The number of benzene rings is 3. The van der Waals surface area contributed by atoms with E-state index in [9.17, 15) is 21.6 Å². The largest absolute Gasteiger partial charge is 0.487 e. The van der Waals surface area contributed by atoms with Crippen LogP contribution in [0.25, 0.3) is 16.8 Å². The van der Waals surface area contributed by atoms with E-state index in [0.29, 0.717) is 28.1 Å². The molecule has 3 aromatic carbocycles. The number of rotatable bonds is 6. The third-order valence-electron chi connectivity index (χ3n) is 5.30. The fourth-order valence-electron chi connectivity index (χ4n) is 3.65. The highest BCUT2D eigenvalue weighted by Crippen LogP contribution is 2.33. The van der Waals surface area contributed by atoms with E-state index in [2.05, 4.69) is 5.10 Å². The number of sulfone groups is 1. The third-order valence-corrected chi connectivity index (χ3v) is 6.78. The van der Waals surface area contributed by atoms with Crippen LogP contribution in [0.4, 0.5) is 13.2 Å². The van der Waals surface area contributed by atoms with Crippen LogP contribution in [0.3, 0.4) is 0 Å². The van der Waals surface area contributed by atoms with Gasteiger partial charge in [0.25, 0.3) is 0 Å². The number of hydrogen-bond acceptors (Lipinski definition) is 4. The molecule has 35 heavy (non-hydrogen) atoms. The first kappa shape index (κ1) is 24.8. The van der Waals surface area contributed by atoms with Gasteiger partial charge in [-0.3, -0.25) is 0 Å². The molecule has 1 heterocycles. The summed E-state index contributed by atoms with van der Waals surface area (Å²) in [5, 5.41) is 3.95. The van der Waals surface area contributed by atoms with Gasteiger partial charge in [0.05, 0.1) is 21.3 Å². The van der Waals surface area contributed by atoms with Gasteiger partial charge in [-0.25, -0.2) is 13.1 Å². The summed E-state index contributed by atoms with van der Waals surface area (Å²) in [5.41, 5.74) is 1.32. The van der Waals surface area contributed by atoms with Crippen LogP contribution in [0.15, 0.2) is 77.7 Å². The number of hydrogen-bond donors (Lipinski definition) is 0. The van der Waals surface area contributed by atoms with Crippen LogP contribution >= 0.6 is 11.6 Å². The fraction of sp³-hybridized carbons (Fsp3) is 0.160. The van der Waals surface area contributed by atoms with Crippen molar-refractivity contribution in [3.63, 3.8) is 0 Å². The molecule has 4 rings (SSSR count). The number of alkyl halides is 3. The molecule has 10 heteroatoms. The van der Waals surface area contributed by atoms with Crippen LogP contribution in [0, 0.1) is 6.92 Å². The van der Waals surface area contributed by atoms with Gasteiger partial charge in [-0.05, 0) is 54.4 Å². The zero-order chi connectivity index (χ0) is 25.4. The van der Waals surface area contributed by atoms with E-state index >= 15 is 0 Å². The van der Waals surface area contributed by atoms with Crippen LogP contribution in [-0.4, -0.2) is 24.5 Å². The Morgan fingerprint density at radius 2 is 1.69 bits per heavy atom. The van der Waals surface area contributed by atoms with E-state index in [0.717, 1.165) is 17.0 Å². The molecule has 1 aromatic heterocycles. The Kier molecular flexibility index (Phi) is 6.66. The summed E-state index contributed by atoms with van der Waals surface area (Å²) in [6, 6.07) is 19.2. The van der Waals surface area contributed by atoms with Crippen molar-refractivity contribution in [2.45, 2.75) is 24.6 Å². The van der Waals surface area contributed by atoms with Gasteiger partial charge in [0.1, 0.15) is 12.4 Å². The Morgan fingerprint density at radius 3 is 2.34 bits per heavy atom.